The van der Waals surface area contributed by atoms with Crippen molar-refractivity contribution >= 4 is 16.9 Å². The monoisotopic (exact) mass is 386 g/mol. The van der Waals surface area contributed by atoms with Gasteiger partial charge in [0.2, 0.25) is 5.76 Å². The van der Waals surface area contributed by atoms with Crippen LogP contribution in [-0.2, 0) is 6.54 Å². The van der Waals surface area contributed by atoms with Crippen LogP contribution in [0.4, 0.5) is 4.39 Å². The maximum atomic E-state index is 13.8. The lowest BCUT2D eigenvalue weighted by Gasteiger charge is -2.25. The molecule has 1 aliphatic rings. The Balaban J connectivity index is 1.74. The molecule has 5 rings (SSSR count). The third-order valence-electron chi connectivity index (χ3n) is 5.15. The molecule has 0 radical (unpaired) electrons. The molecule has 0 fully saturated rings. The Labute approximate surface area is 165 Å². The van der Waals surface area contributed by atoms with E-state index in [4.69, 9.17) is 4.42 Å². The van der Waals surface area contributed by atoms with Crippen molar-refractivity contribution in [2.24, 2.45) is 0 Å². The minimum atomic E-state index is -0.635. The average molecular weight is 386 g/mol. The van der Waals surface area contributed by atoms with Gasteiger partial charge < -0.3 is 9.32 Å². The molecule has 1 atom stereocenters. The van der Waals surface area contributed by atoms with Gasteiger partial charge >= 0.3 is 0 Å². The quantitative estimate of drug-likeness (QED) is 0.532. The Hall–Kier alpha value is -3.80. The smallest absolute Gasteiger partial charge is 0.291 e. The van der Waals surface area contributed by atoms with Crippen LogP contribution < -0.4 is 5.43 Å². The highest BCUT2D eigenvalue weighted by Crippen LogP contribution is 2.38. The van der Waals surface area contributed by atoms with Crippen molar-refractivity contribution in [2.45, 2.75) is 12.6 Å². The molecule has 2 aromatic carbocycles. The van der Waals surface area contributed by atoms with Crippen LogP contribution in [0.1, 0.15) is 33.3 Å². The summed E-state index contributed by atoms with van der Waals surface area (Å²) >= 11 is 0. The Bertz CT molecular complexity index is 1290. The zero-order chi connectivity index (χ0) is 20.0. The first-order chi connectivity index (χ1) is 14.1. The minimum absolute atomic E-state index is 0.00634. The van der Waals surface area contributed by atoms with Crippen LogP contribution in [0.5, 0.6) is 0 Å². The third kappa shape index (κ3) is 2.81. The first kappa shape index (κ1) is 17.3. The normalized spacial score (nSPS) is 15.7. The van der Waals surface area contributed by atoms with E-state index in [0.29, 0.717) is 6.54 Å². The summed E-state index contributed by atoms with van der Waals surface area (Å²) in [6.45, 7) is 0.307. The molecule has 2 aromatic heterocycles. The molecule has 5 nitrogen and oxygen atoms in total. The van der Waals surface area contributed by atoms with Crippen molar-refractivity contribution in [3.05, 3.63) is 112 Å². The third-order valence-corrected chi connectivity index (χ3v) is 5.15. The molecule has 1 amide bonds. The number of hydrogen-bond donors (Lipinski definition) is 0. The zero-order valence-electron chi connectivity index (χ0n) is 15.2. The van der Waals surface area contributed by atoms with Crippen LogP contribution >= 0.6 is 0 Å². The zero-order valence-corrected chi connectivity index (χ0v) is 15.2. The second-order valence-corrected chi connectivity index (χ2v) is 6.92. The number of benzene rings is 2. The number of hydrogen-bond acceptors (Lipinski definition) is 4. The molecule has 29 heavy (non-hydrogen) atoms. The van der Waals surface area contributed by atoms with E-state index in [1.165, 1.54) is 12.1 Å². The fourth-order valence-corrected chi connectivity index (χ4v) is 3.83. The first-order valence-electron chi connectivity index (χ1n) is 9.14. The molecule has 4 aromatic rings. The van der Waals surface area contributed by atoms with Gasteiger partial charge in [0.05, 0.1) is 17.0 Å². The number of aromatic nitrogens is 1. The van der Waals surface area contributed by atoms with E-state index in [-0.39, 0.29) is 28.2 Å². The van der Waals surface area contributed by atoms with Gasteiger partial charge in [0.25, 0.3) is 5.91 Å². The number of nitrogens with zero attached hydrogens (tertiary/aromatic N) is 2. The predicted molar refractivity (Wildman–Crippen MR) is 105 cm³/mol. The maximum Gasteiger partial charge on any atom is 0.291 e. The van der Waals surface area contributed by atoms with Gasteiger partial charge in [-0.2, -0.15) is 0 Å². The van der Waals surface area contributed by atoms with Crippen LogP contribution in [-0.4, -0.2) is 15.8 Å². The molecule has 0 bridgehead atoms. The van der Waals surface area contributed by atoms with Gasteiger partial charge in [-0.05, 0) is 41.5 Å². The summed E-state index contributed by atoms with van der Waals surface area (Å²) < 4.78 is 19.6. The van der Waals surface area contributed by atoms with E-state index in [9.17, 15) is 14.0 Å². The Morgan fingerprint density at radius 2 is 1.76 bits per heavy atom. The summed E-state index contributed by atoms with van der Waals surface area (Å²) in [4.78, 5) is 32.2. The summed E-state index contributed by atoms with van der Waals surface area (Å²) in [6.07, 6.45) is 3.22. The lowest BCUT2D eigenvalue weighted by Crippen LogP contribution is -2.29. The molecular formula is C23H15FN2O3. The fourth-order valence-electron chi connectivity index (χ4n) is 3.83. The van der Waals surface area contributed by atoms with Gasteiger partial charge in [0, 0.05) is 18.9 Å². The second kappa shape index (κ2) is 6.67. The van der Waals surface area contributed by atoms with E-state index in [1.54, 1.807) is 29.4 Å². The highest BCUT2D eigenvalue weighted by Gasteiger charge is 2.42. The number of carbonyl (C=O) groups is 1. The maximum absolute atomic E-state index is 13.8. The lowest BCUT2D eigenvalue weighted by atomic mass is 9.99. The van der Waals surface area contributed by atoms with Crippen molar-refractivity contribution < 1.29 is 13.6 Å². The summed E-state index contributed by atoms with van der Waals surface area (Å²) in [5.41, 5.74) is 1.70. The summed E-state index contributed by atoms with van der Waals surface area (Å²) in [7, 11) is 0. The van der Waals surface area contributed by atoms with Crippen molar-refractivity contribution in [3.8, 4) is 0 Å². The molecule has 0 aliphatic carbocycles. The summed E-state index contributed by atoms with van der Waals surface area (Å²) in [6, 6.07) is 16.1. The highest BCUT2D eigenvalue weighted by atomic mass is 19.1. The first-order valence-corrected chi connectivity index (χ1v) is 9.14. The molecule has 3 heterocycles. The molecule has 0 saturated carbocycles. The van der Waals surface area contributed by atoms with Crippen LogP contribution in [0.2, 0.25) is 0 Å². The van der Waals surface area contributed by atoms with E-state index in [1.807, 2.05) is 30.3 Å². The van der Waals surface area contributed by atoms with Gasteiger partial charge in [-0.25, -0.2) is 4.39 Å². The van der Waals surface area contributed by atoms with Crippen molar-refractivity contribution in [3.63, 3.8) is 0 Å². The number of fused-ring (bicyclic) bond motifs is 2. The molecule has 0 spiro atoms. The highest BCUT2D eigenvalue weighted by molar-refractivity contribution is 5.99. The van der Waals surface area contributed by atoms with Gasteiger partial charge in [-0.15, -0.1) is 0 Å². The molecule has 142 valence electrons. The van der Waals surface area contributed by atoms with Crippen LogP contribution in [0.15, 0.2) is 82.3 Å². The Morgan fingerprint density at radius 3 is 2.52 bits per heavy atom. The number of pyridine rings is 1. The van der Waals surface area contributed by atoms with Crippen LogP contribution in [0, 0.1) is 5.82 Å². The van der Waals surface area contributed by atoms with E-state index in [2.05, 4.69) is 4.98 Å². The largest absolute Gasteiger partial charge is 0.450 e. The van der Waals surface area contributed by atoms with E-state index in [0.717, 1.165) is 17.2 Å². The molecule has 6 heteroatoms. The van der Waals surface area contributed by atoms with Gasteiger partial charge in [-0.3, -0.25) is 14.6 Å². The van der Waals surface area contributed by atoms with Crippen LogP contribution in [0.3, 0.4) is 0 Å². The van der Waals surface area contributed by atoms with Gasteiger partial charge in [0.15, 0.2) is 5.43 Å². The van der Waals surface area contributed by atoms with Crippen molar-refractivity contribution in [2.75, 3.05) is 0 Å². The topological polar surface area (TPSA) is 63.4 Å². The molecule has 0 saturated heterocycles. The predicted octanol–water partition coefficient (Wildman–Crippen LogP) is 4.07. The number of carbonyl (C=O) groups excluding carboxylic acids is 1. The Kier molecular flexibility index (Phi) is 3.98. The minimum Gasteiger partial charge on any atom is -0.450 e. The number of halogens is 1. The fraction of sp³-hybridized carbons (Fsp3) is 0.0870. The van der Waals surface area contributed by atoms with E-state index >= 15 is 0 Å². The number of amides is 1. The van der Waals surface area contributed by atoms with Gasteiger partial charge in [-0.1, -0.05) is 30.3 Å². The van der Waals surface area contributed by atoms with Crippen molar-refractivity contribution in [1.82, 2.24) is 9.88 Å². The SMILES string of the molecule is O=C1c2oc3ccc(F)cc3c(=O)c2C(c2ccncc2)N1Cc1ccccc1. The standard InChI is InChI=1S/C23H15FN2O3/c24-16-6-7-18-17(12-16)21(27)19-20(15-8-10-25-11-9-15)26(23(28)22(19)29-18)13-14-4-2-1-3-5-14/h1-12,20H,13H2. The molecule has 1 unspecified atom stereocenters. The van der Waals surface area contributed by atoms with Crippen molar-refractivity contribution in [1.29, 1.82) is 0 Å². The Morgan fingerprint density at radius 1 is 1.00 bits per heavy atom. The summed E-state index contributed by atoms with van der Waals surface area (Å²) in [5.74, 6) is -0.892. The molecule has 1 aliphatic heterocycles. The number of rotatable bonds is 3. The van der Waals surface area contributed by atoms with Crippen LogP contribution in [0.25, 0.3) is 11.0 Å². The summed E-state index contributed by atoms with van der Waals surface area (Å²) in [5, 5.41) is 0.122. The van der Waals surface area contributed by atoms with E-state index < -0.39 is 17.3 Å². The molecular weight excluding hydrogens is 371 g/mol. The average Bonchev–Trinajstić information content (AvgIpc) is 3.02. The molecule has 0 N–H and O–H groups in total. The second-order valence-electron chi connectivity index (χ2n) is 6.92. The van der Waals surface area contributed by atoms with Gasteiger partial charge in [0.1, 0.15) is 11.4 Å². The lowest BCUT2D eigenvalue weighted by molar-refractivity contribution is 0.0714.